The first-order valence-electron chi connectivity index (χ1n) is 2.14. The van der Waals surface area contributed by atoms with Crippen LogP contribution in [0, 0.1) is 0 Å². The Hall–Kier alpha value is 0.178. The number of hydrogen-bond donors (Lipinski definition) is 1. The van der Waals surface area contributed by atoms with Gasteiger partial charge >= 0.3 is 74.0 Å². The second-order valence-electron chi connectivity index (χ2n) is 0.973. The number of hydrogen-bond acceptors (Lipinski definition) is 3. The van der Waals surface area contributed by atoms with Gasteiger partial charge in [0.25, 0.3) is 0 Å². The molecule has 58 valence electrons. The Labute approximate surface area is 74.2 Å². The van der Waals surface area contributed by atoms with Crippen LogP contribution in [-0.4, -0.2) is 19.8 Å². The van der Waals surface area contributed by atoms with E-state index in [0.29, 0.717) is 0 Å². The molecule has 0 aliphatic rings. The topological polar surface area (TPSA) is 38.7 Å². The molecule has 6 heteroatoms. The molecule has 0 atom stereocenters. The molecule has 0 aromatic heterocycles. The zero-order valence-electron chi connectivity index (χ0n) is 4.78. The summed E-state index contributed by atoms with van der Waals surface area (Å²) < 4.78 is 17.9. The zero-order chi connectivity index (χ0) is 7.82. The summed E-state index contributed by atoms with van der Waals surface area (Å²) in [7, 11) is 0. The molecule has 0 aromatic carbocycles. The predicted molar refractivity (Wildman–Crippen MR) is 40.1 cm³/mol. The minimum absolute atomic E-state index is 1.13. The van der Waals surface area contributed by atoms with Gasteiger partial charge in [0.05, 0.1) is 0 Å². The zero-order valence-corrected chi connectivity index (χ0v) is 8.16. The Balaban J connectivity index is 3.33. The summed E-state index contributed by atoms with van der Waals surface area (Å²) in [6.07, 6.45) is 2.28. The van der Waals surface area contributed by atoms with E-state index in [9.17, 15) is 0 Å². The van der Waals surface area contributed by atoms with Gasteiger partial charge in [-0.15, -0.1) is 0 Å². The maximum atomic E-state index is 8.79. The monoisotopic (exact) mass is 246 g/mol. The molecule has 0 radical (unpaired) electrons. The van der Waals surface area contributed by atoms with E-state index in [-0.39, 0.29) is 0 Å². The summed E-state index contributed by atoms with van der Waals surface area (Å²) in [5.74, 6) is 0. The van der Waals surface area contributed by atoms with Crippen LogP contribution in [0.4, 0.5) is 0 Å². The fourth-order valence-electron chi connectivity index (χ4n) is 0.175. The van der Waals surface area contributed by atoms with Crippen molar-refractivity contribution in [2.75, 3.05) is 0 Å². The van der Waals surface area contributed by atoms with Crippen LogP contribution in [0.25, 0.3) is 0 Å². The SMILES string of the molecule is O[As](O/C=C/Cl)O/C=C/Cl. The fourth-order valence-corrected chi connectivity index (χ4v) is 1.39. The molecule has 0 heterocycles. The van der Waals surface area contributed by atoms with Gasteiger partial charge in [-0.3, -0.25) is 0 Å². The average Bonchev–Trinajstić information content (AvgIpc) is 1.97. The van der Waals surface area contributed by atoms with E-state index in [0.717, 1.165) is 23.6 Å². The van der Waals surface area contributed by atoms with Gasteiger partial charge < -0.3 is 0 Å². The molecule has 0 spiro atoms. The van der Waals surface area contributed by atoms with Crippen molar-refractivity contribution in [1.82, 2.24) is 0 Å². The van der Waals surface area contributed by atoms with Crippen molar-refractivity contribution < 1.29 is 11.5 Å². The first-order valence-corrected chi connectivity index (χ1v) is 5.38. The summed E-state index contributed by atoms with van der Waals surface area (Å²) in [5, 5.41) is 0. The van der Waals surface area contributed by atoms with Crippen LogP contribution in [0.3, 0.4) is 0 Å². The van der Waals surface area contributed by atoms with Gasteiger partial charge in [0.1, 0.15) is 0 Å². The van der Waals surface area contributed by atoms with Crippen LogP contribution in [0.5, 0.6) is 0 Å². The molecule has 0 aromatic rings. The van der Waals surface area contributed by atoms with Crippen molar-refractivity contribution in [2.24, 2.45) is 0 Å². The molecule has 0 saturated carbocycles. The van der Waals surface area contributed by atoms with Crippen molar-refractivity contribution in [3.63, 3.8) is 0 Å². The van der Waals surface area contributed by atoms with Crippen LogP contribution in [0.1, 0.15) is 0 Å². The molecule has 0 bridgehead atoms. The van der Waals surface area contributed by atoms with Crippen molar-refractivity contribution in [1.29, 1.82) is 0 Å². The number of rotatable bonds is 4. The third kappa shape index (κ3) is 6.30. The van der Waals surface area contributed by atoms with Crippen molar-refractivity contribution in [3.8, 4) is 0 Å². The molecule has 0 saturated heterocycles. The van der Waals surface area contributed by atoms with Gasteiger partial charge in [-0.25, -0.2) is 0 Å². The molecular formula is C4H5AsCl2O3. The average molecular weight is 247 g/mol. The van der Waals surface area contributed by atoms with Gasteiger partial charge in [-0.2, -0.15) is 0 Å². The predicted octanol–water partition coefficient (Wildman–Crippen LogP) is 1.42. The van der Waals surface area contributed by atoms with Crippen LogP contribution in [0.2, 0.25) is 0 Å². The molecule has 0 amide bonds. The van der Waals surface area contributed by atoms with Gasteiger partial charge in [0.2, 0.25) is 0 Å². The standard InChI is InChI=1S/C4H5AsCl2O3/c6-1-3-9-5(8)10-4-2-7/h1-4,8H/b3-1+,4-2+. The van der Waals surface area contributed by atoms with E-state index in [1.165, 1.54) is 0 Å². The Morgan fingerprint density at radius 1 is 1.10 bits per heavy atom. The maximum absolute atomic E-state index is 8.79. The van der Waals surface area contributed by atoms with Crippen molar-refractivity contribution >= 4 is 38.9 Å². The summed E-state index contributed by atoms with van der Waals surface area (Å²) in [6, 6.07) is 0. The Morgan fingerprint density at radius 2 is 1.50 bits per heavy atom. The van der Waals surface area contributed by atoms with Gasteiger partial charge in [-0.05, 0) is 0 Å². The molecule has 0 aliphatic heterocycles. The van der Waals surface area contributed by atoms with Gasteiger partial charge in [0.15, 0.2) is 0 Å². The molecule has 0 fully saturated rings. The second-order valence-corrected chi connectivity index (χ2v) is 3.36. The first kappa shape index (κ1) is 10.2. The van der Waals surface area contributed by atoms with E-state index in [2.05, 4.69) is 7.45 Å². The second kappa shape index (κ2) is 7.29. The molecule has 10 heavy (non-hydrogen) atoms. The molecule has 0 aliphatic carbocycles. The molecule has 1 N–H and O–H groups in total. The minimum atomic E-state index is -2.64. The Bertz CT molecular complexity index is 114. The molecule has 3 nitrogen and oxygen atoms in total. The van der Waals surface area contributed by atoms with Crippen LogP contribution in [0.15, 0.2) is 23.6 Å². The van der Waals surface area contributed by atoms with E-state index < -0.39 is 15.7 Å². The molecule has 0 unspecified atom stereocenters. The Morgan fingerprint density at radius 3 is 1.80 bits per heavy atom. The summed E-state index contributed by atoms with van der Waals surface area (Å²) in [6.45, 7) is 0. The van der Waals surface area contributed by atoms with Crippen molar-refractivity contribution in [2.45, 2.75) is 0 Å². The quantitative estimate of drug-likeness (QED) is 0.603. The summed E-state index contributed by atoms with van der Waals surface area (Å²) in [4.78, 5) is 0. The van der Waals surface area contributed by atoms with E-state index in [4.69, 9.17) is 27.3 Å². The summed E-state index contributed by atoms with van der Waals surface area (Å²) in [5.41, 5.74) is 2.26. The van der Waals surface area contributed by atoms with Crippen molar-refractivity contribution in [3.05, 3.63) is 23.6 Å². The third-order valence-electron chi connectivity index (χ3n) is 0.405. The van der Waals surface area contributed by atoms with E-state index in [1.54, 1.807) is 0 Å². The Kier molecular flexibility index (Phi) is 7.42. The molecule has 0 rings (SSSR count). The van der Waals surface area contributed by atoms with Gasteiger partial charge in [-0.1, -0.05) is 0 Å². The van der Waals surface area contributed by atoms with E-state index >= 15 is 0 Å². The fraction of sp³-hybridized carbons (Fsp3) is 0. The first-order chi connectivity index (χ1) is 4.81. The third-order valence-corrected chi connectivity index (χ3v) is 1.88. The summed E-state index contributed by atoms with van der Waals surface area (Å²) >= 11 is 7.53. The number of halogens is 2. The normalized spacial score (nSPS) is 11.6. The molecular weight excluding hydrogens is 242 g/mol. The van der Waals surface area contributed by atoms with Crippen LogP contribution >= 0.6 is 23.2 Å². The van der Waals surface area contributed by atoms with Crippen LogP contribution in [-0.2, 0) is 7.45 Å². The van der Waals surface area contributed by atoms with Gasteiger partial charge in [0, 0.05) is 0 Å². The van der Waals surface area contributed by atoms with Crippen LogP contribution < -0.4 is 0 Å². The van der Waals surface area contributed by atoms with E-state index in [1.807, 2.05) is 0 Å².